The molecule has 14 rings (SSSR count). The summed E-state index contributed by atoms with van der Waals surface area (Å²) in [7, 11) is -0.238. The van der Waals surface area contributed by atoms with Crippen molar-refractivity contribution in [1.29, 1.82) is 0 Å². The van der Waals surface area contributed by atoms with E-state index in [0.717, 1.165) is 5.56 Å². The molecule has 13 aromatic rings. The van der Waals surface area contributed by atoms with Gasteiger partial charge in [0.05, 0.1) is 31.9 Å². The Labute approximate surface area is 623 Å². The number of carbonyl (C=O) groups is 2. The zero-order chi connectivity index (χ0) is 70.3. The molecule has 1 atom stereocenters. The number of hydrogen-bond acceptors (Lipinski definition) is 5. The monoisotopic (exact) mass is 1500 g/mol. The summed E-state index contributed by atoms with van der Waals surface area (Å²) in [5.74, 6) is 0.523. The molecule has 0 aromatic heterocycles. The molecule has 102 heavy (non-hydrogen) atoms. The van der Waals surface area contributed by atoms with E-state index in [1.165, 1.54) is 70.6 Å². The van der Waals surface area contributed by atoms with Crippen LogP contribution >= 0.6 is 31.7 Å². The van der Waals surface area contributed by atoms with Gasteiger partial charge in [-0.25, -0.2) is 4.79 Å². The molecule has 0 saturated carbocycles. The van der Waals surface area contributed by atoms with E-state index in [4.69, 9.17) is 14.2 Å². The third kappa shape index (κ3) is 23.5. The molecule has 0 radical (unpaired) electrons. The summed E-state index contributed by atoms with van der Waals surface area (Å²) in [6.45, 7) is 8.53. The van der Waals surface area contributed by atoms with Gasteiger partial charge in [0.2, 0.25) is 0 Å². The van der Waals surface area contributed by atoms with E-state index in [-0.39, 0.29) is 38.4 Å². The van der Waals surface area contributed by atoms with Crippen LogP contribution in [0.15, 0.2) is 382 Å². The van der Waals surface area contributed by atoms with E-state index >= 15 is 0 Å². The molecular formula is C91H87NO5P4Pd. The van der Waals surface area contributed by atoms with Crippen LogP contribution in [0.4, 0.5) is 4.79 Å². The van der Waals surface area contributed by atoms with Crippen LogP contribution in [0.25, 0.3) is 0 Å². The molecule has 0 bridgehead atoms. The summed E-state index contributed by atoms with van der Waals surface area (Å²) in [4.78, 5) is 25.7. The molecule has 0 aliphatic carbocycles. The average molecular weight is 1510 g/mol. The quantitative estimate of drug-likeness (QED) is 0.0548. The Kier molecular flexibility index (Phi) is 31.1. The molecule has 6 nitrogen and oxygen atoms in total. The van der Waals surface area contributed by atoms with Crippen LogP contribution in [0, 0.1) is 0 Å². The summed E-state index contributed by atoms with van der Waals surface area (Å²) in [5.41, 5.74) is 1.01. The maximum atomic E-state index is 12.2. The molecule has 1 heterocycles. The number of amides is 1. The summed E-state index contributed by atoms with van der Waals surface area (Å²) in [5, 5.41) is 16.8. The second-order valence-corrected chi connectivity index (χ2v) is 33.5. The fraction of sp³-hybridized carbons (Fsp3) is 0.121. The largest absolute Gasteiger partial charge is 0.496 e. The first-order chi connectivity index (χ1) is 49.5. The minimum absolute atomic E-state index is 0. The average Bonchev–Trinajstić information content (AvgIpc) is 0.844. The van der Waals surface area contributed by atoms with Gasteiger partial charge in [0, 0.05) is 33.4 Å². The topological polar surface area (TPSA) is 65.1 Å². The van der Waals surface area contributed by atoms with Gasteiger partial charge in [0.25, 0.3) is 0 Å². The first-order valence-corrected chi connectivity index (χ1v) is 39.4. The zero-order valence-electron chi connectivity index (χ0n) is 58.4. The van der Waals surface area contributed by atoms with Crippen molar-refractivity contribution in [3.63, 3.8) is 0 Å². The maximum Gasteiger partial charge on any atom is 0.410 e. The van der Waals surface area contributed by atoms with Crippen molar-refractivity contribution in [1.82, 2.24) is 4.90 Å². The minimum Gasteiger partial charge on any atom is -0.496 e. The predicted molar refractivity (Wildman–Crippen MR) is 435 cm³/mol. The van der Waals surface area contributed by atoms with Gasteiger partial charge in [-0.3, -0.25) is 4.79 Å². The third-order valence-electron chi connectivity index (χ3n) is 16.1. The number of methoxy groups -OCH3 is 1. The van der Waals surface area contributed by atoms with Crippen LogP contribution in [-0.2, 0) is 36.3 Å². The van der Waals surface area contributed by atoms with Gasteiger partial charge >= 0.3 is 6.09 Å². The molecule has 1 aliphatic rings. The number of hydrogen-bond donors (Lipinski definition) is 0. The Hall–Kier alpha value is -9.06. The summed E-state index contributed by atoms with van der Waals surface area (Å²) >= 11 is 0. The second-order valence-electron chi connectivity index (χ2n) is 24.6. The van der Waals surface area contributed by atoms with Crippen molar-refractivity contribution in [2.24, 2.45) is 0 Å². The second kappa shape index (κ2) is 41.1. The maximum absolute atomic E-state index is 12.2. The Morgan fingerprint density at radius 3 is 0.794 bits per heavy atom. The number of benzene rings is 13. The van der Waals surface area contributed by atoms with E-state index in [1.54, 1.807) is 18.1 Å². The van der Waals surface area contributed by atoms with E-state index in [2.05, 4.69) is 364 Å². The summed E-state index contributed by atoms with van der Waals surface area (Å²) in [6.07, 6.45) is 0.165. The van der Waals surface area contributed by atoms with Gasteiger partial charge in [0.1, 0.15) is 11.4 Å². The molecule has 0 spiro atoms. The standard InChI is InChI=1S/C19H27NO5.4C18H15P.Pd/c1-13(21)16-11-14(6-7-17(16)23-5)10-15-12-20(8-9-24-15)18(22)25-19(2,3)4;4*1-4-10-16(11-5-1)19(17-12-6-2-7-13-17)18-14-8-3-9-15-18;/h6-7,11,15H,8-10,12H2,1-5H3;4*1-15H;/t15-;;;;;/m1...../s1. The number of rotatable bonds is 16. The van der Waals surface area contributed by atoms with Gasteiger partial charge in [-0.2, -0.15) is 0 Å². The first kappa shape index (κ1) is 77.1. The predicted octanol–water partition coefficient (Wildman–Crippen LogP) is 16.9. The number of ketones is 1. The molecular weight excluding hydrogens is 1420 g/mol. The fourth-order valence-corrected chi connectivity index (χ4v) is 20.7. The summed E-state index contributed by atoms with van der Waals surface area (Å²) in [6, 6.07) is 135. The Balaban J connectivity index is 0.000000148. The van der Waals surface area contributed by atoms with Gasteiger partial charge in [0.15, 0.2) is 5.78 Å². The number of carbonyl (C=O) groups excluding carboxylic acids is 2. The smallest absolute Gasteiger partial charge is 0.410 e. The van der Waals surface area contributed by atoms with Gasteiger partial charge in [-0.15, -0.1) is 0 Å². The number of morpholine rings is 1. The third-order valence-corrected chi connectivity index (χ3v) is 25.8. The fourth-order valence-electron chi connectivity index (χ4n) is 11.5. The van der Waals surface area contributed by atoms with E-state index in [9.17, 15) is 9.59 Å². The van der Waals surface area contributed by atoms with E-state index in [0.29, 0.717) is 37.4 Å². The van der Waals surface area contributed by atoms with Crippen LogP contribution in [-0.4, -0.2) is 55.3 Å². The van der Waals surface area contributed by atoms with Crippen LogP contribution in [0.3, 0.4) is 0 Å². The van der Waals surface area contributed by atoms with Gasteiger partial charge in [-0.1, -0.05) is 370 Å². The SMILES string of the molecule is COc1ccc(C[C@@H]2CN(C(=O)OC(C)(C)C)CCO2)cc1C(C)=O.[Pd].c1ccc(P(c2ccccc2)c2ccccc2)cc1.c1ccc(P(c2ccccc2)c2ccccc2)cc1.c1ccc(P(c2ccccc2)c2ccccc2)cc1.c1ccc(P(c2ccccc2)c2ccccc2)cc1. The van der Waals surface area contributed by atoms with Crippen LogP contribution in [0.5, 0.6) is 5.75 Å². The van der Waals surface area contributed by atoms with Crippen molar-refractivity contribution in [2.45, 2.75) is 45.8 Å². The zero-order valence-corrected chi connectivity index (χ0v) is 63.5. The van der Waals surface area contributed by atoms with Crippen LogP contribution in [0.2, 0.25) is 0 Å². The van der Waals surface area contributed by atoms with Crippen LogP contribution < -0.4 is 68.4 Å². The molecule has 13 aromatic carbocycles. The molecule has 0 unspecified atom stereocenters. The molecule has 1 amide bonds. The van der Waals surface area contributed by atoms with E-state index in [1.807, 2.05) is 32.9 Å². The molecule has 1 saturated heterocycles. The normalized spacial score (nSPS) is 12.3. The van der Waals surface area contributed by atoms with Gasteiger partial charge in [-0.05, 0) is 141 Å². The molecule has 1 fully saturated rings. The van der Waals surface area contributed by atoms with Crippen LogP contribution in [0.1, 0.15) is 43.6 Å². The molecule has 516 valence electrons. The Bertz CT molecular complexity index is 3640. The number of ether oxygens (including phenoxy) is 3. The summed E-state index contributed by atoms with van der Waals surface area (Å²) < 4.78 is 16.4. The van der Waals surface area contributed by atoms with Crippen molar-refractivity contribution >= 4 is 107 Å². The Morgan fingerprint density at radius 2 is 0.598 bits per heavy atom. The molecule has 0 N–H and O–H groups in total. The van der Waals surface area contributed by atoms with E-state index < -0.39 is 37.3 Å². The number of Topliss-reactive ketones (excluding diaryl/α,β-unsaturated/α-hetero) is 1. The molecule has 1 aliphatic heterocycles. The minimum atomic E-state index is -0.517. The van der Waals surface area contributed by atoms with Crippen molar-refractivity contribution in [3.8, 4) is 5.75 Å². The first-order valence-electron chi connectivity index (χ1n) is 34.1. The van der Waals surface area contributed by atoms with Gasteiger partial charge < -0.3 is 19.1 Å². The van der Waals surface area contributed by atoms with Crippen molar-refractivity contribution in [2.75, 3.05) is 26.8 Å². The van der Waals surface area contributed by atoms with Crippen molar-refractivity contribution in [3.05, 3.63) is 393 Å². The number of nitrogens with zero attached hydrogens (tertiary/aromatic N) is 1. The molecule has 11 heteroatoms. The van der Waals surface area contributed by atoms with Crippen molar-refractivity contribution < 1.29 is 44.2 Å². The Morgan fingerprint density at radius 1 is 0.373 bits per heavy atom.